The average Bonchev–Trinajstić information content (AvgIpc) is 3.22. The van der Waals surface area contributed by atoms with Crippen LogP contribution in [0.5, 0.6) is 0 Å². The van der Waals surface area contributed by atoms with E-state index in [1.54, 1.807) is 11.9 Å². The maximum absolute atomic E-state index is 13.1. The molecule has 1 aliphatic rings. The minimum atomic E-state index is -0.142. The summed E-state index contributed by atoms with van der Waals surface area (Å²) in [5.74, 6) is 1.80. The van der Waals surface area contributed by atoms with E-state index in [9.17, 15) is 9.59 Å². The summed E-state index contributed by atoms with van der Waals surface area (Å²) >= 11 is 5.28. The molecule has 1 N–H and O–H groups in total. The number of hydrogen-bond acceptors (Lipinski definition) is 4. The van der Waals surface area contributed by atoms with Crippen LogP contribution in [0.15, 0.2) is 64.7 Å². The van der Waals surface area contributed by atoms with Crippen molar-refractivity contribution in [2.24, 2.45) is 0 Å². The van der Waals surface area contributed by atoms with Crippen molar-refractivity contribution in [2.45, 2.75) is 6.92 Å². The van der Waals surface area contributed by atoms with Crippen molar-refractivity contribution in [3.63, 3.8) is 0 Å². The first-order valence-electron chi connectivity index (χ1n) is 9.78. The normalized spacial score (nSPS) is 13.3. The van der Waals surface area contributed by atoms with Gasteiger partial charge in [-0.25, -0.2) is 0 Å². The van der Waals surface area contributed by atoms with Gasteiger partial charge in [0.1, 0.15) is 0 Å². The van der Waals surface area contributed by atoms with Crippen LogP contribution in [0.2, 0.25) is 0 Å². The largest absolute Gasteiger partial charge is 0.325 e. The van der Waals surface area contributed by atoms with Crippen LogP contribution in [0.3, 0.4) is 0 Å². The van der Waals surface area contributed by atoms with Crippen LogP contribution in [0, 0.1) is 6.92 Å². The third kappa shape index (κ3) is 6.45. The second-order valence-electron chi connectivity index (χ2n) is 7.37. The number of halogens is 1. The SMILES string of the molecule is Cc1cc(Br)ccc1NC(=O)CN(C)CC(=O)N(CC1=CCSC1)c1ccccc1. The van der Waals surface area contributed by atoms with Crippen LogP contribution in [0.1, 0.15) is 5.56 Å². The second kappa shape index (κ2) is 10.8. The highest BCUT2D eigenvalue weighted by molar-refractivity contribution is 9.10. The molecule has 0 spiro atoms. The molecule has 0 bridgehead atoms. The van der Waals surface area contributed by atoms with Crippen molar-refractivity contribution in [1.29, 1.82) is 0 Å². The Morgan fingerprint density at radius 3 is 2.57 bits per heavy atom. The van der Waals surface area contributed by atoms with Gasteiger partial charge in [0.05, 0.1) is 13.1 Å². The Morgan fingerprint density at radius 2 is 1.90 bits per heavy atom. The standard InChI is InChI=1S/C23H26BrN3O2S/c1-17-12-19(24)8-9-21(17)25-22(28)14-26(2)15-23(29)27(13-18-10-11-30-16-18)20-6-4-3-5-7-20/h3-10,12H,11,13-16H2,1-2H3,(H,25,28). The molecule has 0 aromatic heterocycles. The van der Waals surface area contributed by atoms with Crippen molar-refractivity contribution in [1.82, 2.24) is 4.90 Å². The van der Waals surface area contributed by atoms with Crippen LogP contribution in [-0.4, -0.2) is 54.9 Å². The number of rotatable bonds is 8. The molecule has 2 aromatic carbocycles. The first kappa shape index (κ1) is 22.6. The lowest BCUT2D eigenvalue weighted by atomic mass is 10.2. The fraction of sp³-hybridized carbons (Fsp3) is 0.304. The molecular weight excluding hydrogens is 462 g/mol. The number of hydrogen-bond donors (Lipinski definition) is 1. The van der Waals surface area contributed by atoms with Gasteiger partial charge in [-0.1, -0.05) is 40.2 Å². The zero-order valence-corrected chi connectivity index (χ0v) is 19.6. The van der Waals surface area contributed by atoms with Gasteiger partial charge in [-0.05, 0) is 55.4 Å². The Morgan fingerprint density at radius 1 is 1.13 bits per heavy atom. The van der Waals surface area contributed by atoms with Crippen molar-refractivity contribution >= 4 is 50.9 Å². The van der Waals surface area contributed by atoms with Crippen LogP contribution in [-0.2, 0) is 9.59 Å². The maximum Gasteiger partial charge on any atom is 0.241 e. The lowest BCUT2D eigenvalue weighted by molar-refractivity contribution is -0.120. The molecule has 0 fully saturated rings. The lowest BCUT2D eigenvalue weighted by Crippen LogP contribution is -2.42. The molecule has 3 rings (SSSR count). The van der Waals surface area contributed by atoms with E-state index in [1.165, 1.54) is 5.57 Å². The summed E-state index contributed by atoms with van der Waals surface area (Å²) in [6.45, 7) is 2.85. The molecule has 158 valence electrons. The molecule has 0 saturated carbocycles. The number of nitrogens with one attached hydrogen (secondary N) is 1. The Kier molecular flexibility index (Phi) is 8.13. The monoisotopic (exact) mass is 487 g/mol. The van der Waals surface area contributed by atoms with Crippen LogP contribution in [0.4, 0.5) is 11.4 Å². The van der Waals surface area contributed by atoms with Crippen LogP contribution >= 0.6 is 27.7 Å². The van der Waals surface area contributed by atoms with E-state index in [1.807, 2.05) is 72.1 Å². The van der Waals surface area contributed by atoms with E-state index in [4.69, 9.17) is 0 Å². The number of thioether (sulfide) groups is 1. The molecule has 2 amide bonds. The van der Waals surface area contributed by atoms with Gasteiger partial charge in [0.25, 0.3) is 0 Å². The van der Waals surface area contributed by atoms with E-state index < -0.39 is 0 Å². The van der Waals surface area contributed by atoms with Gasteiger partial charge in [-0.3, -0.25) is 14.5 Å². The third-order valence-electron chi connectivity index (χ3n) is 4.79. The van der Waals surface area contributed by atoms with Gasteiger partial charge >= 0.3 is 0 Å². The molecule has 0 aliphatic carbocycles. The summed E-state index contributed by atoms with van der Waals surface area (Å²) in [5.41, 5.74) is 3.90. The summed E-state index contributed by atoms with van der Waals surface area (Å²) in [6.07, 6.45) is 2.20. The first-order chi connectivity index (χ1) is 14.4. The summed E-state index contributed by atoms with van der Waals surface area (Å²) < 4.78 is 0.970. The molecule has 0 saturated heterocycles. The summed E-state index contributed by atoms with van der Waals surface area (Å²) in [7, 11) is 1.79. The Balaban J connectivity index is 1.60. The molecule has 0 radical (unpaired) electrons. The fourth-order valence-corrected chi connectivity index (χ4v) is 4.66. The smallest absolute Gasteiger partial charge is 0.241 e. The van der Waals surface area contributed by atoms with E-state index in [2.05, 4.69) is 27.3 Å². The number of para-hydroxylation sites is 1. The molecule has 5 nitrogen and oxygen atoms in total. The predicted molar refractivity (Wildman–Crippen MR) is 129 cm³/mol. The van der Waals surface area contributed by atoms with Crippen LogP contribution in [0.25, 0.3) is 0 Å². The molecular formula is C23H26BrN3O2S. The highest BCUT2D eigenvalue weighted by Gasteiger charge is 2.21. The number of carbonyl (C=O) groups is 2. The number of amides is 2. The number of carbonyl (C=O) groups excluding carboxylic acids is 2. The van der Waals surface area contributed by atoms with Crippen molar-refractivity contribution in [3.05, 3.63) is 70.2 Å². The van der Waals surface area contributed by atoms with Crippen molar-refractivity contribution < 1.29 is 9.59 Å². The minimum Gasteiger partial charge on any atom is -0.325 e. The van der Waals surface area contributed by atoms with Gasteiger partial charge in [0.2, 0.25) is 11.8 Å². The molecule has 7 heteroatoms. The van der Waals surface area contributed by atoms with Crippen molar-refractivity contribution in [3.8, 4) is 0 Å². The minimum absolute atomic E-state index is 0.0193. The Labute approximate surface area is 190 Å². The summed E-state index contributed by atoms with van der Waals surface area (Å²) in [5, 5.41) is 2.92. The lowest BCUT2D eigenvalue weighted by Gasteiger charge is -2.26. The molecule has 30 heavy (non-hydrogen) atoms. The molecule has 1 aliphatic heterocycles. The van der Waals surface area contributed by atoms with Gasteiger partial charge in [0.15, 0.2) is 0 Å². The van der Waals surface area contributed by atoms with E-state index in [0.29, 0.717) is 6.54 Å². The zero-order valence-electron chi connectivity index (χ0n) is 17.2. The molecule has 0 unspecified atom stereocenters. The number of anilines is 2. The predicted octanol–water partition coefficient (Wildman–Crippen LogP) is 4.33. The van der Waals surface area contributed by atoms with Gasteiger partial charge in [0, 0.05) is 33.9 Å². The number of nitrogens with zero attached hydrogens (tertiary/aromatic N) is 2. The first-order valence-corrected chi connectivity index (χ1v) is 11.7. The Bertz CT molecular complexity index is 933. The number of likely N-dealkylation sites (N-methyl/N-ethyl adjacent to an activating group) is 1. The van der Waals surface area contributed by atoms with Gasteiger partial charge in [-0.15, -0.1) is 0 Å². The van der Waals surface area contributed by atoms with E-state index in [-0.39, 0.29) is 24.9 Å². The number of benzene rings is 2. The van der Waals surface area contributed by atoms with Crippen LogP contribution < -0.4 is 10.2 Å². The Hall–Kier alpha value is -2.09. The fourth-order valence-electron chi connectivity index (χ4n) is 3.24. The highest BCUT2D eigenvalue weighted by Crippen LogP contribution is 2.22. The topological polar surface area (TPSA) is 52.7 Å². The van der Waals surface area contributed by atoms with Gasteiger partial charge in [-0.2, -0.15) is 11.8 Å². The molecule has 2 aromatic rings. The summed E-state index contributed by atoms with van der Waals surface area (Å²) in [4.78, 5) is 29.1. The summed E-state index contributed by atoms with van der Waals surface area (Å²) in [6, 6.07) is 15.4. The highest BCUT2D eigenvalue weighted by atomic mass is 79.9. The van der Waals surface area contributed by atoms with Crippen molar-refractivity contribution in [2.75, 3.05) is 48.4 Å². The zero-order chi connectivity index (χ0) is 21.5. The quantitative estimate of drug-likeness (QED) is 0.562. The third-order valence-corrected chi connectivity index (χ3v) is 6.26. The molecule has 0 atom stereocenters. The van der Waals surface area contributed by atoms with E-state index >= 15 is 0 Å². The maximum atomic E-state index is 13.1. The van der Waals surface area contributed by atoms with E-state index in [0.717, 1.165) is 32.9 Å². The second-order valence-corrected chi connectivity index (χ2v) is 9.32. The van der Waals surface area contributed by atoms with Gasteiger partial charge < -0.3 is 10.2 Å². The number of aryl methyl sites for hydroxylation is 1. The molecule has 1 heterocycles. The average molecular weight is 488 g/mol.